The number of carbonyl (C=O) groups is 1. The van der Waals surface area contributed by atoms with Gasteiger partial charge in [0.1, 0.15) is 36.5 Å². The highest BCUT2D eigenvalue weighted by molar-refractivity contribution is 6.18. The Balaban J connectivity index is 1.33. The van der Waals surface area contributed by atoms with E-state index in [0.717, 1.165) is 53.5 Å². The van der Waals surface area contributed by atoms with Crippen molar-refractivity contribution in [2.75, 3.05) is 39.1 Å². The SMILES string of the molecule is C=CCO[C@@]12Oc3ccc(Oc4ccc(C)c(C)c4)cc3[C@H]3[C@H](CCCCO)[C@@H](CCCCO)C=C(C(=NOCc4ccc([N+](=O)[O-])cc4)C[C@@H]1N(Cc1ccc4c(c1)OCO4)C(=O)OCCCl)[C@H]32. The molecule has 69 heavy (non-hydrogen) atoms. The lowest BCUT2D eigenvalue weighted by atomic mass is 9.55. The molecule has 2 heterocycles. The monoisotopic (exact) mass is 965 g/mol. The molecule has 0 unspecified atom stereocenters. The van der Waals surface area contributed by atoms with Crippen molar-refractivity contribution in [2.24, 2.45) is 22.9 Å². The number of rotatable bonds is 22. The number of halogens is 1. The number of aryl methyl sites for hydroxylation is 2. The van der Waals surface area contributed by atoms with E-state index in [1.54, 1.807) is 29.2 Å². The summed E-state index contributed by atoms with van der Waals surface area (Å²) in [6.07, 6.45) is 7.58. The second kappa shape index (κ2) is 22.5. The van der Waals surface area contributed by atoms with Crippen molar-refractivity contribution >= 4 is 29.1 Å². The fraction of sp³-hybridized carbons (Fsp3) is 0.434. The molecule has 8 rings (SSSR count). The van der Waals surface area contributed by atoms with Gasteiger partial charge in [0.25, 0.3) is 5.69 Å². The van der Waals surface area contributed by atoms with Crippen molar-refractivity contribution in [1.82, 2.24) is 4.90 Å². The van der Waals surface area contributed by atoms with Crippen molar-refractivity contribution in [3.05, 3.63) is 141 Å². The first-order valence-corrected chi connectivity index (χ1v) is 24.2. The standard InChI is InChI=1S/C53H60ClN3O12/c1-4-24-66-53-49(56(52(60)63-25-21-54)31-37-14-19-47-48(27-37)65-33-64-47)30-45(55-67-32-36-12-15-39(16-13-36)57(61)62)43-28-38(9-5-7-22-58)42(10-6-8-23-59)50(51(43)53)44-29-41(18-20-46(44)69-53)68-40-17-11-34(2)35(3)26-40/h4,11-20,26-29,38,42,49-51,58-59H,1,5-10,21-25,30-33H2,2-3H3/t38-,42+,49-,50+,51+,53+/m0/s1. The second-order valence-corrected chi connectivity index (χ2v) is 18.3. The van der Waals surface area contributed by atoms with Crippen LogP contribution in [0, 0.1) is 41.7 Å². The van der Waals surface area contributed by atoms with Gasteiger partial charge in [0, 0.05) is 49.8 Å². The first kappa shape index (κ1) is 49.3. The third-order valence-corrected chi connectivity index (χ3v) is 13.8. The summed E-state index contributed by atoms with van der Waals surface area (Å²) in [5.41, 5.74) is 5.89. The number of nitro groups is 1. The highest BCUT2D eigenvalue weighted by Crippen LogP contribution is 2.62. The maximum absolute atomic E-state index is 14.8. The molecule has 0 spiro atoms. The van der Waals surface area contributed by atoms with Crippen LogP contribution in [0.4, 0.5) is 10.5 Å². The van der Waals surface area contributed by atoms with E-state index in [1.165, 1.54) is 12.1 Å². The molecule has 0 radical (unpaired) electrons. The Kier molecular flexibility index (Phi) is 16.1. The predicted molar refractivity (Wildman–Crippen MR) is 259 cm³/mol. The molecular formula is C53H60ClN3O12. The molecule has 6 atom stereocenters. The molecule has 0 bridgehead atoms. The number of nitrogens with zero attached hydrogens (tertiary/aromatic N) is 3. The highest BCUT2D eigenvalue weighted by atomic mass is 35.5. The van der Waals surface area contributed by atoms with E-state index < -0.39 is 28.8 Å². The summed E-state index contributed by atoms with van der Waals surface area (Å²) < 4.78 is 38.4. The van der Waals surface area contributed by atoms with Crippen LogP contribution in [-0.2, 0) is 27.5 Å². The van der Waals surface area contributed by atoms with E-state index in [9.17, 15) is 25.1 Å². The fourth-order valence-electron chi connectivity index (χ4n) is 10.3. The Morgan fingerprint density at radius 2 is 1.65 bits per heavy atom. The molecule has 366 valence electrons. The first-order chi connectivity index (χ1) is 33.6. The zero-order chi connectivity index (χ0) is 48.5. The van der Waals surface area contributed by atoms with Crippen LogP contribution < -0.4 is 18.9 Å². The highest BCUT2D eigenvalue weighted by Gasteiger charge is 2.65. The Labute approximate surface area is 407 Å². The fourth-order valence-corrected chi connectivity index (χ4v) is 10.3. The van der Waals surface area contributed by atoms with E-state index >= 15 is 0 Å². The molecule has 0 saturated heterocycles. The molecule has 2 aliphatic carbocycles. The van der Waals surface area contributed by atoms with Gasteiger partial charge in [0.15, 0.2) is 11.5 Å². The molecular weight excluding hydrogens is 906 g/mol. The lowest BCUT2D eigenvalue weighted by Gasteiger charge is -2.59. The van der Waals surface area contributed by atoms with Crippen LogP contribution in [0.5, 0.6) is 28.7 Å². The van der Waals surface area contributed by atoms with Crippen molar-refractivity contribution in [3.8, 4) is 28.7 Å². The largest absolute Gasteiger partial charge is 0.459 e. The average Bonchev–Trinajstić information content (AvgIpc) is 3.83. The summed E-state index contributed by atoms with van der Waals surface area (Å²) in [5, 5.41) is 36.4. The zero-order valence-electron chi connectivity index (χ0n) is 39.1. The molecule has 2 aliphatic heterocycles. The molecule has 15 nitrogen and oxygen atoms in total. The summed E-state index contributed by atoms with van der Waals surface area (Å²) in [7, 11) is 0. The van der Waals surface area contributed by atoms with Crippen LogP contribution >= 0.6 is 11.6 Å². The Bertz CT molecular complexity index is 2530. The van der Waals surface area contributed by atoms with E-state index in [4.69, 9.17) is 50.0 Å². The van der Waals surface area contributed by atoms with Gasteiger partial charge in [0.05, 0.1) is 29.0 Å². The first-order valence-electron chi connectivity index (χ1n) is 23.6. The molecule has 1 saturated carbocycles. The minimum atomic E-state index is -1.58. The third-order valence-electron chi connectivity index (χ3n) is 13.6. The van der Waals surface area contributed by atoms with Crippen LogP contribution in [0.15, 0.2) is 108 Å². The van der Waals surface area contributed by atoms with Crippen LogP contribution in [0.25, 0.3) is 0 Å². The van der Waals surface area contributed by atoms with Gasteiger partial charge in [-0.1, -0.05) is 42.3 Å². The van der Waals surface area contributed by atoms with E-state index in [-0.39, 0.29) is 82.1 Å². The minimum Gasteiger partial charge on any atom is -0.459 e. The van der Waals surface area contributed by atoms with Crippen LogP contribution in [0.3, 0.4) is 0 Å². The number of aliphatic hydroxyl groups excluding tert-OH is 2. The molecule has 16 heteroatoms. The predicted octanol–water partition coefficient (Wildman–Crippen LogP) is 10.4. The Morgan fingerprint density at radius 1 is 0.928 bits per heavy atom. The van der Waals surface area contributed by atoms with Gasteiger partial charge in [-0.3, -0.25) is 15.0 Å². The summed E-state index contributed by atoms with van der Waals surface area (Å²) in [5.74, 6) is 0.490. The number of aliphatic hydroxyl groups is 2. The van der Waals surface area contributed by atoms with Gasteiger partial charge in [-0.2, -0.15) is 0 Å². The van der Waals surface area contributed by atoms with Crippen molar-refractivity contribution < 1.29 is 53.2 Å². The number of nitro benzene ring substituents is 1. The Morgan fingerprint density at radius 3 is 2.39 bits per heavy atom. The second-order valence-electron chi connectivity index (χ2n) is 17.9. The van der Waals surface area contributed by atoms with Gasteiger partial charge in [-0.05, 0) is 134 Å². The number of amides is 1. The van der Waals surface area contributed by atoms with Crippen molar-refractivity contribution in [3.63, 3.8) is 0 Å². The van der Waals surface area contributed by atoms with Crippen molar-refractivity contribution in [1.29, 1.82) is 0 Å². The maximum atomic E-state index is 14.8. The lowest BCUT2D eigenvalue weighted by Crippen LogP contribution is -2.70. The van der Waals surface area contributed by atoms with E-state index in [2.05, 4.69) is 19.6 Å². The molecule has 4 aliphatic rings. The molecule has 4 aromatic carbocycles. The minimum absolute atomic E-state index is 0.00650. The van der Waals surface area contributed by atoms with Crippen molar-refractivity contribution in [2.45, 2.75) is 89.7 Å². The zero-order valence-corrected chi connectivity index (χ0v) is 39.8. The summed E-state index contributed by atoms with van der Waals surface area (Å²) in [6.45, 7) is 8.37. The number of unbranched alkanes of at least 4 members (excludes halogenated alkanes) is 2. The Hall–Kier alpha value is -6.13. The van der Waals surface area contributed by atoms with E-state index in [1.807, 2.05) is 55.5 Å². The number of fused-ring (bicyclic) bond motifs is 3. The van der Waals surface area contributed by atoms with Gasteiger partial charge in [-0.25, -0.2) is 4.79 Å². The number of benzene rings is 4. The van der Waals surface area contributed by atoms with Crippen LogP contribution in [-0.4, -0.2) is 82.8 Å². The number of alkyl halides is 1. The quantitative estimate of drug-likeness (QED) is 0.0250. The number of ether oxygens (including phenoxy) is 6. The van der Waals surface area contributed by atoms with Crippen LogP contribution in [0.2, 0.25) is 0 Å². The summed E-state index contributed by atoms with van der Waals surface area (Å²) in [4.78, 5) is 33.6. The molecule has 1 fully saturated rings. The molecule has 0 aromatic heterocycles. The normalized spacial score (nSPS) is 22.4. The van der Waals surface area contributed by atoms with Crippen LogP contribution in [0.1, 0.15) is 78.7 Å². The molecule has 2 N–H and O–H groups in total. The lowest BCUT2D eigenvalue weighted by molar-refractivity contribution is -0.384. The number of allylic oxidation sites excluding steroid dienone is 1. The molecule has 1 amide bonds. The number of non-ortho nitro benzene ring substituents is 1. The summed E-state index contributed by atoms with van der Waals surface area (Å²) >= 11 is 6.15. The van der Waals surface area contributed by atoms with Gasteiger partial charge in [0.2, 0.25) is 12.6 Å². The topological polar surface area (TPSA) is 181 Å². The number of hydrogen-bond donors (Lipinski definition) is 2. The van der Waals surface area contributed by atoms with Gasteiger partial charge >= 0.3 is 6.09 Å². The average molecular weight is 967 g/mol. The maximum Gasteiger partial charge on any atom is 0.410 e. The summed E-state index contributed by atoms with van der Waals surface area (Å²) in [6, 6.07) is 22.5. The number of hydrogen-bond acceptors (Lipinski definition) is 13. The smallest absolute Gasteiger partial charge is 0.410 e. The third kappa shape index (κ3) is 10.9. The van der Waals surface area contributed by atoms with Gasteiger partial charge < -0.3 is 43.5 Å². The van der Waals surface area contributed by atoms with E-state index in [0.29, 0.717) is 52.9 Å². The molecule has 4 aromatic rings. The number of oxime groups is 1. The van der Waals surface area contributed by atoms with Gasteiger partial charge in [-0.15, -0.1) is 18.2 Å². The number of carbonyl (C=O) groups excluding carboxylic acids is 1.